The summed E-state index contributed by atoms with van der Waals surface area (Å²) in [4.78, 5) is 8.33. The molecule has 0 saturated carbocycles. The van der Waals surface area contributed by atoms with Gasteiger partial charge in [0.25, 0.3) is 0 Å². The van der Waals surface area contributed by atoms with Gasteiger partial charge in [0.15, 0.2) is 0 Å². The highest BCUT2D eigenvalue weighted by Crippen LogP contribution is 2.29. The van der Waals surface area contributed by atoms with Crippen LogP contribution in [0.15, 0.2) is 42.9 Å². The lowest BCUT2D eigenvalue weighted by Gasteiger charge is -2.23. The summed E-state index contributed by atoms with van der Waals surface area (Å²) < 4.78 is 0. The Hall–Kier alpha value is -1.90. The van der Waals surface area contributed by atoms with Gasteiger partial charge in [-0.1, -0.05) is 39.0 Å². The molecule has 0 aliphatic heterocycles. The third kappa shape index (κ3) is 3.06. The fraction of sp³-hybridized carbons (Fsp3) is 0.333. The van der Waals surface area contributed by atoms with Gasteiger partial charge in [-0.15, -0.1) is 0 Å². The molecule has 2 aromatic rings. The zero-order chi connectivity index (χ0) is 13.0. The molecule has 0 radical (unpaired) electrons. The first kappa shape index (κ1) is 12.6. The zero-order valence-corrected chi connectivity index (χ0v) is 11.1. The van der Waals surface area contributed by atoms with Gasteiger partial charge >= 0.3 is 0 Å². The molecule has 0 atom stereocenters. The maximum atomic E-state index is 4.26. The minimum atomic E-state index is 0.131. The Balaban J connectivity index is 2.15. The maximum absolute atomic E-state index is 4.26. The average molecular weight is 241 g/mol. The molecule has 0 aliphatic rings. The zero-order valence-electron chi connectivity index (χ0n) is 11.1. The lowest BCUT2D eigenvalue weighted by Crippen LogP contribution is -2.15. The molecule has 0 bridgehead atoms. The quantitative estimate of drug-likeness (QED) is 0.895. The molecule has 2 rings (SSSR count). The van der Waals surface area contributed by atoms with E-state index in [1.165, 1.54) is 5.56 Å². The molecule has 18 heavy (non-hydrogen) atoms. The van der Waals surface area contributed by atoms with E-state index in [0.717, 1.165) is 11.4 Å². The van der Waals surface area contributed by atoms with E-state index in [-0.39, 0.29) is 5.41 Å². The summed E-state index contributed by atoms with van der Waals surface area (Å²) in [5, 5.41) is 3.43. The van der Waals surface area contributed by atoms with E-state index >= 15 is 0 Å². The third-order valence-electron chi connectivity index (χ3n) is 2.81. The Morgan fingerprint density at radius 1 is 1.11 bits per heavy atom. The predicted molar refractivity (Wildman–Crippen MR) is 74.5 cm³/mol. The first-order chi connectivity index (χ1) is 8.57. The molecule has 1 N–H and O–H groups in total. The number of rotatable bonds is 3. The van der Waals surface area contributed by atoms with Crippen LogP contribution < -0.4 is 5.32 Å². The van der Waals surface area contributed by atoms with Crippen molar-refractivity contribution in [3.8, 4) is 0 Å². The minimum absolute atomic E-state index is 0.131. The van der Waals surface area contributed by atoms with Gasteiger partial charge in [0, 0.05) is 18.1 Å². The highest BCUT2D eigenvalue weighted by molar-refractivity contribution is 5.54. The number of nitrogens with one attached hydrogen (secondary N) is 1. The molecule has 3 heteroatoms. The summed E-state index contributed by atoms with van der Waals surface area (Å²) in [6, 6.07) is 8.40. The van der Waals surface area contributed by atoms with Crippen LogP contribution in [0, 0.1) is 0 Å². The first-order valence-corrected chi connectivity index (χ1v) is 6.15. The topological polar surface area (TPSA) is 37.8 Å². The molecule has 1 heterocycles. The summed E-state index contributed by atoms with van der Waals surface area (Å²) in [7, 11) is 0. The number of benzene rings is 1. The van der Waals surface area contributed by atoms with Crippen molar-refractivity contribution < 1.29 is 0 Å². The van der Waals surface area contributed by atoms with Crippen LogP contribution in [-0.4, -0.2) is 9.97 Å². The van der Waals surface area contributed by atoms with Crippen molar-refractivity contribution in [3.63, 3.8) is 0 Å². The molecule has 0 amide bonds. The third-order valence-corrected chi connectivity index (χ3v) is 2.81. The molecule has 0 spiro atoms. The molecule has 3 nitrogen and oxygen atoms in total. The largest absolute Gasteiger partial charge is 0.379 e. The van der Waals surface area contributed by atoms with E-state index in [4.69, 9.17) is 0 Å². The van der Waals surface area contributed by atoms with Gasteiger partial charge in [-0.25, -0.2) is 0 Å². The van der Waals surface area contributed by atoms with Crippen LogP contribution in [0.25, 0.3) is 0 Å². The Morgan fingerprint density at radius 3 is 2.56 bits per heavy atom. The van der Waals surface area contributed by atoms with Crippen LogP contribution in [0.5, 0.6) is 0 Å². The van der Waals surface area contributed by atoms with E-state index in [1.54, 1.807) is 18.6 Å². The Bertz CT molecular complexity index is 501. The van der Waals surface area contributed by atoms with E-state index in [2.05, 4.69) is 54.3 Å². The molecule has 94 valence electrons. The van der Waals surface area contributed by atoms with Crippen molar-refractivity contribution in [2.75, 3.05) is 5.32 Å². The lowest BCUT2D eigenvalue weighted by molar-refractivity contribution is 0.591. The van der Waals surface area contributed by atoms with E-state index in [1.807, 2.05) is 6.07 Å². The summed E-state index contributed by atoms with van der Waals surface area (Å²) in [5.74, 6) is 0. The Labute approximate surface area is 108 Å². The molecule has 0 unspecified atom stereocenters. The standard InChI is InChI=1S/C15H19N3/c1-15(2,3)13-6-4-5-7-14(13)18-11-12-10-16-8-9-17-12/h4-10,18H,11H2,1-3H3. The smallest absolute Gasteiger partial charge is 0.0777 e. The number of anilines is 1. The lowest BCUT2D eigenvalue weighted by atomic mass is 9.86. The Kier molecular flexibility index (Phi) is 3.60. The van der Waals surface area contributed by atoms with E-state index in [0.29, 0.717) is 6.54 Å². The molecule has 1 aromatic carbocycles. The number of para-hydroxylation sites is 1. The number of aromatic nitrogens is 2. The van der Waals surface area contributed by atoms with Gasteiger partial charge in [0.1, 0.15) is 0 Å². The van der Waals surface area contributed by atoms with Gasteiger partial charge in [-0.2, -0.15) is 0 Å². The van der Waals surface area contributed by atoms with E-state index in [9.17, 15) is 0 Å². The van der Waals surface area contributed by atoms with Crippen molar-refractivity contribution in [2.45, 2.75) is 32.7 Å². The van der Waals surface area contributed by atoms with Crippen molar-refractivity contribution >= 4 is 5.69 Å². The van der Waals surface area contributed by atoms with Crippen molar-refractivity contribution in [2.24, 2.45) is 0 Å². The Morgan fingerprint density at radius 2 is 1.89 bits per heavy atom. The van der Waals surface area contributed by atoms with E-state index < -0.39 is 0 Å². The van der Waals surface area contributed by atoms with Crippen molar-refractivity contribution in [1.29, 1.82) is 0 Å². The van der Waals surface area contributed by atoms with Gasteiger partial charge in [-0.05, 0) is 17.0 Å². The summed E-state index contributed by atoms with van der Waals surface area (Å²) in [6.45, 7) is 7.35. The monoisotopic (exact) mass is 241 g/mol. The molecular formula is C15H19N3. The van der Waals surface area contributed by atoms with Crippen LogP contribution >= 0.6 is 0 Å². The summed E-state index contributed by atoms with van der Waals surface area (Å²) >= 11 is 0. The predicted octanol–water partition coefficient (Wildman–Crippen LogP) is 3.39. The minimum Gasteiger partial charge on any atom is -0.379 e. The van der Waals surface area contributed by atoms with Crippen LogP contribution in [0.3, 0.4) is 0 Å². The second-order valence-electron chi connectivity index (χ2n) is 5.35. The summed E-state index contributed by atoms with van der Waals surface area (Å²) in [5.41, 5.74) is 3.55. The second kappa shape index (κ2) is 5.17. The first-order valence-electron chi connectivity index (χ1n) is 6.15. The normalized spacial score (nSPS) is 11.3. The van der Waals surface area contributed by atoms with Gasteiger partial charge in [-0.3, -0.25) is 9.97 Å². The number of nitrogens with zero attached hydrogens (tertiary/aromatic N) is 2. The van der Waals surface area contributed by atoms with Crippen LogP contribution in [0.4, 0.5) is 5.69 Å². The molecule has 0 aliphatic carbocycles. The van der Waals surface area contributed by atoms with Crippen LogP contribution in [-0.2, 0) is 12.0 Å². The van der Waals surface area contributed by atoms with Crippen LogP contribution in [0.1, 0.15) is 32.0 Å². The van der Waals surface area contributed by atoms with Gasteiger partial charge in [0.2, 0.25) is 0 Å². The number of hydrogen-bond donors (Lipinski definition) is 1. The van der Waals surface area contributed by atoms with Gasteiger partial charge < -0.3 is 5.32 Å². The fourth-order valence-electron chi connectivity index (χ4n) is 1.90. The molecule has 1 aromatic heterocycles. The number of hydrogen-bond acceptors (Lipinski definition) is 3. The van der Waals surface area contributed by atoms with Crippen molar-refractivity contribution in [1.82, 2.24) is 9.97 Å². The maximum Gasteiger partial charge on any atom is 0.0777 e. The highest BCUT2D eigenvalue weighted by Gasteiger charge is 2.17. The molecular weight excluding hydrogens is 222 g/mol. The second-order valence-corrected chi connectivity index (χ2v) is 5.35. The SMILES string of the molecule is CC(C)(C)c1ccccc1NCc1cnccn1. The highest BCUT2D eigenvalue weighted by atomic mass is 14.9. The average Bonchev–Trinajstić information content (AvgIpc) is 2.37. The van der Waals surface area contributed by atoms with Gasteiger partial charge in [0.05, 0.1) is 18.4 Å². The molecule has 0 fully saturated rings. The summed E-state index contributed by atoms with van der Waals surface area (Å²) in [6.07, 6.45) is 5.19. The fourth-order valence-corrected chi connectivity index (χ4v) is 1.90. The van der Waals surface area contributed by atoms with Crippen molar-refractivity contribution in [3.05, 3.63) is 54.1 Å². The van der Waals surface area contributed by atoms with Crippen LogP contribution in [0.2, 0.25) is 0 Å². The molecule has 0 saturated heterocycles.